The number of halogens is 1. The van der Waals surface area contributed by atoms with Gasteiger partial charge in [0.15, 0.2) is 18.2 Å². The maximum absolute atomic E-state index is 13.5. The number of nitrogens with zero attached hydrogens (tertiary/aromatic N) is 1. The van der Waals surface area contributed by atoms with Crippen molar-refractivity contribution >= 4 is 39.7 Å². The van der Waals surface area contributed by atoms with Gasteiger partial charge in [-0.3, -0.25) is 9.59 Å². The molecule has 2 aromatic rings. The van der Waals surface area contributed by atoms with E-state index in [2.05, 4.69) is 15.9 Å². The summed E-state index contributed by atoms with van der Waals surface area (Å²) in [6.07, 6.45) is -6.60. The summed E-state index contributed by atoms with van der Waals surface area (Å²) in [4.78, 5) is 39.4. The summed E-state index contributed by atoms with van der Waals surface area (Å²) in [5.74, 6) is -1.89. The number of ether oxygens (including phenoxy) is 2. The van der Waals surface area contributed by atoms with Crippen LogP contribution in [0, 0.1) is 13.8 Å². The second kappa shape index (κ2) is 12.7. The lowest BCUT2D eigenvalue weighted by Gasteiger charge is -2.38. The van der Waals surface area contributed by atoms with Gasteiger partial charge in [0.05, 0.1) is 13.0 Å². The van der Waals surface area contributed by atoms with Crippen LogP contribution in [0.1, 0.15) is 27.8 Å². The molecular weight excluding hydrogens is 586 g/mol. The summed E-state index contributed by atoms with van der Waals surface area (Å²) < 4.78 is 11.5. The maximum Gasteiger partial charge on any atom is 0.335 e. The molecule has 1 heterocycles. The van der Waals surface area contributed by atoms with Crippen molar-refractivity contribution in [1.82, 2.24) is 4.90 Å². The molecule has 2 aromatic carbocycles. The van der Waals surface area contributed by atoms with Gasteiger partial charge < -0.3 is 34.8 Å². The van der Waals surface area contributed by atoms with E-state index in [-0.39, 0.29) is 44.2 Å². The average Bonchev–Trinajstić information content (AvgIpc) is 2.89. The summed E-state index contributed by atoms with van der Waals surface area (Å²) >= 11 is 3.46. The summed E-state index contributed by atoms with van der Waals surface area (Å²) in [6.45, 7) is 3.75. The molecule has 1 amide bonds. The Balaban J connectivity index is 1.53. The zero-order valence-electron chi connectivity index (χ0n) is 22.1. The Kier molecular flexibility index (Phi) is 9.55. The van der Waals surface area contributed by atoms with Crippen molar-refractivity contribution in [3.8, 4) is 0 Å². The van der Waals surface area contributed by atoms with Crippen molar-refractivity contribution in [3.63, 3.8) is 0 Å². The predicted molar refractivity (Wildman–Crippen MR) is 147 cm³/mol. The number of Topliss-reactive ketones (excluding diaryl/α,β-unsaturated/α-hetero) is 1. The van der Waals surface area contributed by atoms with Gasteiger partial charge in [-0.1, -0.05) is 51.8 Å². The molecule has 1 aliphatic heterocycles. The van der Waals surface area contributed by atoms with Crippen molar-refractivity contribution in [2.24, 2.45) is 0 Å². The van der Waals surface area contributed by atoms with E-state index in [9.17, 15) is 34.8 Å². The fourth-order valence-corrected chi connectivity index (χ4v) is 5.38. The Labute approximate surface area is 240 Å². The number of ketones is 1. The van der Waals surface area contributed by atoms with Crippen LogP contribution in [0.5, 0.6) is 0 Å². The third-order valence-electron chi connectivity index (χ3n) is 7.15. The van der Waals surface area contributed by atoms with Gasteiger partial charge in [-0.05, 0) is 48.2 Å². The van der Waals surface area contributed by atoms with Crippen LogP contribution in [-0.4, -0.2) is 93.4 Å². The number of carboxylic acids is 1. The fourth-order valence-electron chi connectivity index (χ4n) is 4.96. The summed E-state index contributed by atoms with van der Waals surface area (Å²) in [5, 5.41) is 39.5. The van der Waals surface area contributed by atoms with E-state index < -0.39 is 36.7 Å². The first-order valence-corrected chi connectivity index (χ1v) is 13.6. The minimum absolute atomic E-state index is 0.0173. The molecular formula is C29H32BrNO9. The summed E-state index contributed by atoms with van der Waals surface area (Å²) in [5.41, 5.74) is 5.22. The highest BCUT2D eigenvalue weighted by atomic mass is 79.9. The third-order valence-corrected chi connectivity index (χ3v) is 7.92. The van der Waals surface area contributed by atoms with Crippen LogP contribution in [0.3, 0.4) is 0 Å². The van der Waals surface area contributed by atoms with Gasteiger partial charge in [0.2, 0.25) is 5.91 Å². The van der Waals surface area contributed by atoms with Gasteiger partial charge in [-0.2, -0.15) is 0 Å². The van der Waals surface area contributed by atoms with Crippen LogP contribution in [0.25, 0.3) is 6.08 Å². The number of rotatable bonds is 9. The number of carbonyl (C=O) groups excluding carboxylic acids is 2. The van der Waals surface area contributed by atoms with Gasteiger partial charge in [0.25, 0.3) is 0 Å². The number of amides is 1. The molecule has 10 nitrogen and oxygen atoms in total. The van der Waals surface area contributed by atoms with Gasteiger partial charge in [-0.25, -0.2) is 4.79 Å². The van der Waals surface area contributed by atoms with E-state index >= 15 is 0 Å². The van der Waals surface area contributed by atoms with Crippen LogP contribution >= 0.6 is 15.9 Å². The largest absolute Gasteiger partial charge is 0.479 e. The zero-order chi connectivity index (χ0) is 29.1. The number of aliphatic carboxylic acids is 1. The Morgan fingerprint density at radius 1 is 1.10 bits per heavy atom. The van der Waals surface area contributed by atoms with E-state index in [4.69, 9.17) is 9.47 Å². The normalized spacial score (nSPS) is 24.3. The molecule has 4 N–H and O–H groups in total. The van der Waals surface area contributed by atoms with Gasteiger partial charge in [0, 0.05) is 29.6 Å². The molecule has 214 valence electrons. The molecule has 4 rings (SSSR count). The molecule has 0 spiro atoms. The number of hydrogen-bond acceptors (Lipinski definition) is 8. The lowest BCUT2D eigenvalue weighted by atomic mass is 9.87. The molecule has 0 saturated carbocycles. The summed E-state index contributed by atoms with van der Waals surface area (Å²) in [6, 6.07) is 11.3. The second-order valence-electron chi connectivity index (χ2n) is 10.1. The second-order valence-corrected chi connectivity index (χ2v) is 11.0. The molecule has 40 heavy (non-hydrogen) atoms. The molecule has 1 saturated heterocycles. The molecule has 0 bridgehead atoms. The van der Waals surface area contributed by atoms with Crippen LogP contribution in [0.2, 0.25) is 0 Å². The SMILES string of the molecule is Cc1cc(C)c2c(c1)C=C(CN(CCO[C@@H]1O[C@H](C(=O)O)[C@@H](O)[C@H](O)[C@H]1O)C(=O)Cc1ccccc1Br)C(=O)C2. The Hall–Kier alpha value is -2.93. The van der Waals surface area contributed by atoms with Crippen LogP contribution in [0.15, 0.2) is 46.4 Å². The molecule has 0 aromatic heterocycles. The number of fused-ring (bicyclic) bond motifs is 1. The molecule has 1 fully saturated rings. The van der Waals surface area contributed by atoms with E-state index in [0.717, 1.165) is 32.3 Å². The van der Waals surface area contributed by atoms with E-state index in [1.165, 1.54) is 4.90 Å². The first-order valence-electron chi connectivity index (χ1n) is 12.9. The standard InChI is InChI=1S/C29H32BrNO9/c1-15-9-16(2)20-13-22(32)19(11-18(20)10-15)14-31(23(33)12-17-5-3-4-6-21(17)30)7-8-39-29-26(36)24(34)25(35)27(40-29)28(37)38/h3-6,9-11,24-27,29,34-36H,7-8,12-14H2,1-2H3,(H,37,38)/t24-,25-,26+,27-,29+/m0/s1. The monoisotopic (exact) mass is 617 g/mol. The average molecular weight is 618 g/mol. The number of aliphatic hydroxyl groups excluding tert-OH is 3. The molecule has 5 atom stereocenters. The van der Waals surface area contributed by atoms with Gasteiger partial charge >= 0.3 is 5.97 Å². The van der Waals surface area contributed by atoms with Crippen molar-refractivity contribution in [2.45, 2.75) is 57.4 Å². The number of aryl methyl sites for hydroxylation is 2. The van der Waals surface area contributed by atoms with E-state index in [1.807, 2.05) is 56.3 Å². The molecule has 0 radical (unpaired) electrons. The first kappa shape index (κ1) is 30.0. The Bertz CT molecular complexity index is 1330. The fraction of sp³-hybridized carbons (Fsp3) is 0.414. The molecule has 1 aliphatic carbocycles. The minimum Gasteiger partial charge on any atom is -0.479 e. The van der Waals surface area contributed by atoms with Crippen LogP contribution < -0.4 is 0 Å². The smallest absolute Gasteiger partial charge is 0.335 e. The highest BCUT2D eigenvalue weighted by molar-refractivity contribution is 9.10. The van der Waals surface area contributed by atoms with Crippen molar-refractivity contribution < 1.29 is 44.3 Å². The van der Waals surface area contributed by atoms with E-state index in [1.54, 1.807) is 0 Å². The highest BCUT2D eigenvalue weighted by Crippen LogP contribution is 2.27. The lowest BCUT2D eigenvalue weighted by molar-refractivity contribution is -0.294. The predicted octanol–water partition coefficient (Wildman–Crippen LogP) is 1.55. The first-order chi connectivity index (χ1) is 19.0. The Morgan fingerprint density at radius 2 is 1.82 bits per heavy atom. The maximum atomic E-state index is 13.5. The summed E-state index contributed by atoms with van der Waals surface area (Å²) in [7, 11) is 0. The number of carbonyl (C=O) groups is 3. The van der Waals surface area contributed by atoms with Crippen molar-refractivity contribution in [1.29, 1.82) is 0 Å². The zero-order valence-corrected chi connectivity index (χ0v) is 23.7. The third kappa shape index (κ3) is 6.68. The highest BCUT2D eigenvalue weighted by Gasteiger charge is 2.47. The van der Waals surface area contributed by atoms with E-state index in [0.29, 0.717) is 5.57 Å². The van der Waals surface area contributed by atoms with Gasteiger partial charge in [-0.15, -0.1) is 0 Å². The minimum atomic E-state index is -1.84. The van der Waals surface area contributed by atoms with Crippen LogP contribution in [-0.2, 0) is 36.7 Å². The lowest BCUT2D eigenvalue weighted by Crippen LogP contribution is -2.60. The Morgan fingerprint density at radius 3 is 2.52 bits per heavy atom. The number of benzene rings is 2. The molecule has 2 aliphatic rings. The number of carboxylic acid groups (broad SMARTS) is 1. The van der Waals surface area contributed by atoms with Crippen molar-refractivity contribution in [3.05, 3.63) is 74.3 Å². The molecule has 0 unspecified atom stereocenters. The van der Waals surface area contributed by atoms with Crippen LogP contribution in [0.4, 0.5) is 0 Å². The topological polar surface area (TPSA) is 154 Å². The van der Waals surface area contributed by atoms with Gasteiger partial charge in [0.1, 0.15) is 18.3 Å². The quantitative estimate of drug-likeness (QED) is 0.328. The molecule has 11 heteroatoms. The number of hydrogen-bond donors (Lipinski definition) is 4. The van der Waals surface area contributed by atoms with Crippen molar-refractivity contribution in [2.75, 3.05) is 19.7 Å². The number of aliphatic hydroxyl groups is 3.